The fourth-order valence-electron chi connectivity index (χ4n) is 3.17. The SMILES string of the molecule is CC1=CCC(=O)C2=C[C@@]3(O)OC(=O)C(C)=C3C[C@]12C. The molecule has 3 aliphatic rings. The van der Waals surface area contributed by atoms with E-state index >= 15 is 0 Å². The zero-order chi connectivity index (χ0) is 14.0. The fraction of sp³-hybridized carbons (Fsp3) is 0.467. The van der Waals surface area contributed by atoms with Crippen molar-refractivity contribution in [2.24, 2.45) is 5.41 Å². The molecule has 2 aliphatic carbocycles. The van der Waals surface area contributed by atoms with Crippen LogP contribution in [-0.2, 0) is 14.3 Å². The number of allylic oxidation sites excluding steroid dienone is 3. The van der Waals surface area contributed by atoms with Crippen LogP contribution in [-0.4, -0.2) is 22.6 Å². The second kappa shape index (κ2) is 3.45. The molecule has 0 spiro atoms. The van der Waals surface area contributed by atoms with Gasteiger partial charge in [0.15, 0.2) is 5.78 Å². The highest BCUT2D eigenvalue weighted by Gasteiger charge is 2.53. The van der Waals surface area contributed by atoms with Crippen LogP contribution in [0.1, 0.15) is 33.6 Å². The molecule has 0 radical (unpaired) electrons. The highest BCUT2D eigenvalue weighted by atomic mass is 16.7. The van der Waals surface area contributed by atoms with Crippen LogP contribution in [0.2, 0.25) is 0 Å². The minimum absolute atomic E-state index is 0.0128. The van der Waals surface area contributed by atoms with E-state index in [0.717, 1.165) is 5.57 Å². The molecule has 1 heterocycles. The normalized spacial score (nSPS) is 37.5. The predicted molar refractivity (Wildman–Crippen MR) is 67.9 cm³/mol. The lowest BCUT2D eigenvalue weighted by Crippen LogP contribution is -2.42. The van der Waals surface area contributed by atoms with Crippen LogP contribution in [0, 0.1) is 5.41 Å². The molecule has 0 fully saturated rings. The monoisotopic (exact) mass is 260 g/mol. The Hall–Kier alpha value is -1.68. The number of hydrogen-bond donors (Lipinski definition) is 1. The number of carbonyl (C=O) groups is 2. The van der Waals surface area contributed by atoms with E-state index in [1.54, 1.807) is 6.92 Å². The molecular formula is C15H16O4. The van der Waals surface area contributed by atoms with Gasteiger partial charge in [-0.15, -0.1) is 0 Å². The summed E-state index contributed by atoms with van der Waals surface area (Å²) in [6.45, 7) is 5.62. The molecule has 100 valence electrons. The Labute approximate surface area is 111 Å². The maximum Gasteiger partial charge on any atom is 0.336 e. The Bertz CT molecular complexity index is 608. The number of ether oxygens (including phenoxy) is 1. The summed E-state index contributed by atoms with van der Waals surface area (Å²) in [6, 6.07) is 0. The number of aliphatic hydroxyl groups is 1. The molecule has 0 amide bonds. The van der Waals surface area contributed by atoms with Crippen molar-refractivity contribution in [2.45, 2.75) is 39.4 Å². The van der Waals surface area contributed by atoms with Gasteiger partial charge in [0.2, 0.25) is 0 Å². The first kappa shape index (κ1) is 12.4. The van der Waals surface area contributed by atoms with Crippen molar-refractivity contribution in [3.05, 3.63) is 34.4 Å². The van der Waals surface area contributed by atoms with Gasteiger partial charge in [0, 0.05) is 28.6 Å². The van der Waals surface area contributed by atoms with Crippen molar-refractivity contribution < 1.29 is 19.4 Å². The van der Waals surface area contributed by atoms with Crippen molar-refractivity contribution in [1.29, 1.82) is 0 Å². The Morgan fingerprint density at radius 3 is 2.68 bits per heavy atom. The average molecular weight is 260 g/mol. The van der Waals surface area contributed by atoms with Gasteiger partial charge in [0.25, 0.3) is 5.79 Å². The number of esters is 1. The summed E-state index contributed by atoms with van der Waals surface area (Å²) in [7, 11) is 0. The van der Waals surface area contributed by atoms with E-state index in [9.17, 15) is 14.7 Å². The minimum atomic E-state index is -1.72. The molecule has 0 unspecified atom stereocenters. The van der Waals surface area contributed by atoms with Gasteiger partial charge in [-0.05, 0) is 26.3 Å². The molecule has 0 aromatic carbocycles. The van der Waals surface area contributed by atoms with Gasteiger partial charge in [-0.2, -0.15) is 0 Å². The van der Waals surface area contributed by atoms with Crippen molar-refractivity contribution in [1.82, 2.24) is 0 Å². The van der Waals surface area contributed by atoms with Crippen LogP contribution in [0.5, 0.6) is 0 Å². The van der Waals surface area contributed by atoms with E-state index in [4.69, 9.17) is 4.74 Å². The molecular weight excluding hydrogens is 244 g/mol. The van der Waals surface area contributed by atoms with Crippen LogP contribution in [0.4, 0.5) is 0 Å². The van der Waals surface area contributed by atoms with Crippen LogP contribution in [0.15, 0.2) is 34.4 Å². The molecule has 4 heteroatoms. The molecule has 3 rings (SSSR count). The Morgan fingerprint density at radius 1 is 1.32 bits per heavy atom. The number of carbonyl (C=O) groups excluding carboxylic acids is 2. The Morgan fingerprint density at radius 2 is 2.00 bits per heavy atom. The van der Waals surface area contributed by atoms with E-state index in [1.807, 2.05) is 19.9 Å². The first-order valence-corrected chi connectivity index (χ1v) is 6.38. The van der Waals surface area contributed by atoms with Gasteiger partial charge < -0.3 is 9.84 Å². The summed E-state index contributed by atoms with van der Waals surface area (Å²) in [5.41, 5.74) is 2.24. The Balaban J connectivity index is 2.24. The lowest BCUT2D eigenvalue weighted by Gasteiger charge is -2.42. The third-order valence-electron chi connectivity index (χ3n) is 4.67. The number of fused-ring (bicyclic) bond motifs is 2. The maximum atomic E-state index is 12.1. The summed E-state index contributed by atoms with van der Waals surface area (Å²) in [5, 5.41) is 10.5. The standard InChI is InChI=1S/C15H16O4/c1-8-4-5-12(16)11-7-15(18)10(6-14(8,11)3)9(2)13(17)19-15/h4,7,18H,5-6H2,1-3H3/t14-,15-/m1/s1. The number of rotatable bonds is 0. The number of hydrogen-bond acceptors (Lipinski definition) is 4. The summed E-state index contributed by atoms with van der Waals surface area (Å²) in [6.07, 6.45) is 4.15. The van der Waals surface area contributed by atoms with Gasteiger partial charge in [-0.25, -0.2) is 4.79 Å². The van der Waals surface area contributed by atoms with Crippen molar-refractivity contribution in [3.8, 4) is 0 Å². The average Bonchev–Trinajstić information content (AvgIpc) is 2.55. The van der Waals surface area contributed by atoms with E-state index in [1.165, 1.54) is 6.08 Å². The predicted octanol–water partition coefficient (Wildman–Crippen LogP) is 1.80. The van der Waals surface area contributed by atoms with Gasteiger partial charge >= 0.3 is 5.97 Å². The molecule has 0 aromatic rings. The zero-order valence-corrected chi connectivity index (χ0v) is 11.2. The molecule has 1 N–H and O–H groups in total. The van der Waals surface area contributed by atoms with Gasteiger partial charge in [-0.3, -0.25) is 4.79 Å². The Kier molecular flexibility index (Phi) is 2.24. The molecule has 0 bridgehead atoms. The van der Waals surface area contributed by atoms with Crippen LogP contribution < -0.4 is 0 Å². The van der Waals surface area contributed by atoms with Gasteiger partial charge in [0.1, 0.15) is 0 Å². The second-order valence-corrected chi connectivity index (χ2v) is 5.77. The van der Waals surface area contributed by atoms with E-state index < -0.39 is 17.2 Å². The molecule has 2 atom stereocenters. The third-order valence-corrected chi connectivity index (χ3v) is 4.67. The van der Waals surface area contributed by atoms with Crippen molar-refractivity contribution in [3.63, 3.8) is 0 Å². The fourth-order valence-corrected chi connectivity index (χ4v) is 3.17. The number of ketones is 1. The van der Waals surface area contributed by atoms with Crippen LogP contribution in [0.25, 0.3) is 0 Å². The molecule has 1 aliphatic heterocycles. The van der Waals surface area contributed by atoms with E-state index in [0.29, 0.717) is 29.6 Å². The zero-order valence-electron chi connectivity index (χ0n) is 11.2. The molecule has 0 saturated heterocycles. The molecule has 0 aromatic heterocycles. The summed E-state index contributed by atoms with van der Waals surface area (Å²) < 4.78 is 5.04. The van der Waals surface area contributed by atoms with Gasteiger partial charge in [-0.1, -0.05) is 18.6 Å². The van der Waals surface area contributed by atoms with E-state index in [2.05, 4.69) is 0 Å². The maximum absolute atomic E-state index is 12.1. The van der Waals surface area contributed by atoms with Crippen LogP contribution in [0.3, 0.4) is 0 Å². The largest absolute Gasteiger partial charge is 0.422 e. The van der Waals surface area contributed by atoms with Crippen molar-refractivity contribution in [2.75, 3.05) is 0 Å². The first-order chi connectivity index (χ1) is 8.78. The summed E-state index contributed by atoms with van der Waals surface area (Å²) in [5.74, 6) is -2.24. The quantitative estimate of drug-likeness (QED) is 0.533. The third kappa shape index (κ3) is 1.43. The highest BCUT2D eigenvalue weighted by molar-refractivity contribution is 6.01. The van der Waals surface area contributed by atoms with E-state index in [-0.39, 0.29) is 5.78 Å². The molecule has 19 heavy (non-hydrogen) atoms. The lowest BCUT2D eigenvalue weighted by atomic mass is 9.62. The number of Topliss-reactive ketones (excluding diaryl/α,β-unsaturated/α-hetero) is 1. The minimum Gasteiger partial charge on any atom is -0.422 e. The van der Waals surface area contributed by atoms with Crippen LogP contribution >= 0.6 is 0 Å². The second-order valence-electron chi connectivity index (χ2n) is 5.77. The topological polar surface area (TPSA) is 63.6 Å². The highest BCUT2D eigenvalue weighted by Crippen LogP contribution is 2.53. The first-order valence-electron chi connectivity index (χ1n) is 6.38. The van der Waals surface area contributed by atoms with Gasteiger partial charge in [0.05, 0.1) is 0 Å². The smallest absolute Gasteiger partial charge is 0.336 e. The van der Waals surface area contributed by atoms with Crippen molar-refractivity contribution >= 4 is 11.8 Å². The summed E-state index contributed by atoms with van der Waals surface area (Å²) >= 11 is 0. The molecule has 4 nitrogen and oxygen atoms in total. The lowest BCUT2D eigenvalue weighted by molar-refractivity contribution is -0.169. The molecule has 0 saturated carbocycles. The summed E-state index contributed by atoms with van der Waals surface area (Å²) in [4.78, 5) is 23.7.